The quantitative estimate of drug-likeness (QED) is 0.284. The number of hydrogen-bond donors (Lipinski definition) is 7. The molecule has 0 saturated heterocycles. The highest BCUT2D eigenvalue weighted by molar-refractivity contribution is 5.80. The Bertz CT molecular complexity index is 314. The Morgan fingerprint density at radius 2 is 1.21 bits per heavy atom. The van der Waals surface area contributed by atoms with Gasteiger partial charge in [-0.05, 0) is 6.92 Å². The third kappa shape index (κ3) is 31.3. The van der Waals surface area contributed by atoms with Crippen molar-refractivity contribution in [1.29, 1.82) is 0 Å². The number of carbonyl (C=O) groups is 4. The molecule has 0 heterocycles. The van der Waals surface area contributed by atoms with E-state index in [0.29, 0.717) is 0 Å². The van der Waals surface area contributed by atoms with Gasteiger partial charge >= 0.3 is 23.9 Å². The lowest BCUT2D eigenvalue weighted by atomic mass is 10.2. The molecule has 0 aromatic rings. The molecular weight excluding hydrogens is 264 g/mol. The van der Waals surface area contributed by atoms with Crippen molar-refractivity contribution < 1.29 is 34.5 Å². The van der Waals surface area contributed by atoms with Gasteiger partial charge in [0.15, 0.2) is 0 Å². The van der Waals surface area contributed by atoms with E-state index in [2.05, 4.69) is 11.5 Å². The minimum atomic E-state index is -1.29. The van der Waals surface area contributed by atoms with E-state index in [1.165, 1.54) is 6.92 Å². The van der Waals surface area contributed by atoms with Crippen molar-refractivity contribution in [3.63, 3.8) is 0 Å². The maximum absolute atomic E-state index is 9.85. The summed E-state index contributed by atoms with van der Waals surface area (Å²) in [7, 11) is 0. The van der Waals surface area contributed by atoms with Gasteiger partial charge in [-0.2, -0.15) is 0 Å². The second-order valence-electron chi connectivity index (χ2n) is 3.07. The average molecular weight is 282 g/mol. The second-order valence-corrected chi connectivity index (χ2v) is 3.07. The highest BCUT2D eigenvalue weighted by Gasteiger charge is 2.14. The highest BCUT2D eigenvalue weighted by Crippen LogP contribution is 1.86. The van der Waals surface area contributed by atoms with Crippen LogP contribution in [0, 0.1) is 0 Å². The summed E-state index contributed by atoms with van der Waals surface area (Å²) in [5.74, 6) is -3.46. The maximum atomic E-state index is 9.85. The molecule has 0 rings (SSSR count). The molecule has 2 unspecified atom stereocenters. The topological polar surface area (TPSA) is 233 Å². The van der Waals surface area contributed by atoms with Gasteiger partial charge in [0.05, 0.1) is 6.42 Å². The Labute approximate surface area is 108 Å². The molecule has 0 aliphatic heterocycles. The Hall–Kier alpha value is -2.40. The number of aliphatic carboxylic acids is 3. The van der Waals surface area contributed by atoms with Gasteiger partial charge < -0.3 is 38.3 Å². The van der Waals surface area contributed by atoms with Crippen LogP contribution in [0.15, 0.2) is 0 Å². The van der Waals surface area contributed by atoms with Gasteiger partial charge in [-0.15, -0.1) is 0 Å². The van der Waals surface area contributed by atoms with E-state index in [-0.39, 0.29) is 0 Å². The van der Waals surface area contributed by atoms with Gasteiger partial charge in [-0.25, -0.2) is 4.79 Å². The molecule has 19 heavy (non-hydrogen) atoms. The first kappa shape index (κ1) is 21.8. The molecular formula is C8H18N4O7. The van der Waals surface area contributed by atoms with E-state index < -0.39 is 42.4 Å². The first-order valence-corrected chi connectivity index (χ1v) is 4.65. The third-order valence-corrected chi connectivity index (χ3v) is 1.10. The fourth-order valence-electron chi connectivity index (χ4n) is 0.275. The van der Waals surface area contributed by atoms with Crippen LogP contribution in [0.4, 0.5) is 4.79 Å². The summed E-state index contributed by atoms with van der Waals surface area (Å²) in [5.41, 5.74) is 18.2. The summed E-state index contributed by atoms with van der Waals surface area (Å²) in [6.07, 6.45) is -0.532. The Kier molecular flexibility index (Phi) is 13.9. The minimum Gasteiger partial charge on any atom is -0.481 e. The van der Waals surface area contributed by atoms with Gasteiger partial charge in [-0.3, -0.25) is 14.4 Å². The number of carbonyl (C=O) groups excluding carboxylic acids is 1. The standard InChI is InChI=1S/C4H7NO4.C3H7NO2.CH4N2O/c5-2(4(8)9)1-3(6)7;1-2(4)3(5)6;2-1(3)4/h2H,1,5H2,(H,6,7)(H,8,9);2H,4H2,1H3,(H,5,6);(H4,2,3,4). The summed E-state index contributed by atoms with van der Waals surface area (Å²) < 4.78 is 0. The molecule has 112 valence electrons. The molecule has 2 amide bonds. The monoisotopic (exact) mass is 282 g/mol. The van der Waals surface area contributed by atoms with Gasteiger partial charge in [-0.1, -0.05) is 0 Å². The van der Waals surface area contributed by atoms with Crippen molar-refractivity contribution in [2.45, 2.75) is 25.4 Å². The molecule has 0 aliphatic rings. The van der Waals surface area contributed by atoms with Gasteiger partial charge in [0, 0.05) is 0 Å². The van der Waals surface area contributed by atoms with Crippen molar-refractivity contribution in [2.24, 2.45) is 22.9 Å². The number of amides is 2. The van der Waals surface area contributed by atoms with Crippen LogP contribution in [0.3, 0.4) is 0 Å². The summed E-state index contributed by atoms with van der Waals surface area (Å²) in [4.78, 5) is 38.2. The predicted octanol–water partition coefficient (Wildman–Crippen LogP) is -2.68. The molecule has 0 radical (unpaired) electrons. The van der Waals surface area contributed by atoms with Crippen LogP contribution in [-0.2, 0) is 14.4 Å². The lowest BCUT2D eigenvalue weighted by Crippen LogP contribution is -2.32. The molecule has 0 bridgehead atoms. The number of urea groups is 1. The molecule has 0 fully saturated rings. The van der Waals surface area contributed by atoms with Crippen molar-refractivity contribution in [1.82, 2.24) is 0 Å². The molecule has 11 N–H and O–H groups in total. The third-order valence-electron chi connectivity index (χ3n) is 1.10. The number of carboxylic acids is 3. The van der Waals surface area contributed by atoms with E-state index >= 15 is 0 Å². The van der Waals surface area contributed by atoms with Crippen LogP contribution in [-0.4, -0.2) is 51.3 Å². The normalized spacial score (nSPS) is 11.5. The molecule has 0 spiro atoms. The van der Waals surface area contributed by atoms with Crippen molar-refractivity contribution in [2.75, 3.05) is 0 Å². The van der Waals surface area contributed by atoms with Crippen LogP contribution in [0.1, 0.15) is 13.3 Å². The molecule has 11 heteroatoms. The zero-order valence-electron chi connectivity index (χ0n) is 10.1. The van der Waals surface area contributed by atoms with Gasteiger partial charge in [0.25, 0.3) is 0 Å². The van der Waals surface area contributed by atoms with Gasteiger partial charge in [0.2, 0.25) is 0 Å². The smallest absolute Gasteiger partial charge is 0.321 e. The molecule has 2 atom stereocenters. The van der Waals surface area contributed by atoms with E-state index in [1.54, 1.807) is 0 Å². The van der Waals surface area contributed by atoms with E-state index in [0.717, 1.165) is 0 Å². The fraction of sp³-hybridized carbons (Fsp3) is 0.500. The fourth-order valence-corrected chi connectivity index (χ4v) is 0.275. The van der Waals surface area contributed by atoms with Crippen LogP contribution in [0.5, 0.6) is 0 Å². The second kappa shape index (κ2) is 12.1. The lowest BCUT2D eigenvalue weighted by Gasteiger charge is -1.99. The number of nitrogens with two attached hydrogens (primary N) is 4. The first-order chi connectivity index (χ1) is 8.41. The largest absolute Gasteiger partial charge is 0.481 e. The predicted molar refractivity (Wildman–Crippen MR) is 62.9 cm³/mol. The van der Waals surface area contributed by atoms with Crippen molar-refractivity contribution in [3.05, 3.63) is 0 Å². The molecule has 11 nitrogen and oxygen atoms in total. The molecule has 0 saturated carbocycles. The van der Waals surface area contributed by atoms with Crippen molar-refractivity contribution >= 4 is 23.9 Å². The lowest BCUT2D eigenvalue weighted by molar-refractivity contribution is -0.144. The first-order valence-electron chi connectivity index (χ1n) is 4.65. The van der Waals surface area contributed by atoms with Crippen LogP contribution in [0.2, 0.25) is 0 Å². The minimum absolute atomic E-state index is 0.532. The Morgan fingerprint density at radius 3 is 1.26 bits per heavy atom. The van der Waals surface area contributed by atoms with E-state index in [1.807, 2.05) is 0 Å². The number of carboxylic acid groups (broad SMARTS) is 3. The van der Waals surface area contributed by atoms with Crippen LogP contribution < -0.4 is 22.9 Å². The number of primary amides is 2. The molecule has 0 aromatic heterocycles. The maximum Gasteiger partial charge on any atom is 0.321 e. The average Bonchev–Trinajstić information content (AvgIpc) is 2.15. The van der Waals surface area contributed by atoms with Crippen LogP contribution >= 0.6 is 0 Å². The Balaban J connectivity index is -0.000000222. The number of hydrogen-bond acceptors (Lipinski definition) is 6. The SMILES string of the molecule is CC(N)C(=O)O.NC(CC(=O)O)C(=O)O.NC(N)=O. The summed E-state index contributed by atoms with van der Waals surface area (Å²) in [6, 6.07) is -2.85. The summed E-state index contributed by atoms with van der Waals surface area (Å²) >= 11 is 0. The van der Waals surface area contributed by atoms with Crippen molar-refractivity contribution in [3.8, 4) is 0 Å². The highest BCUT2D eigenvalue weighted by atomic mass is 16.4. The molecule has 0 aliphatic carbocycles. The zero-order chi connectivity index (χ0) is 16.2. The van der Waals surface area contributed by atoms with E-state index in [9.17, 15) is 14.4 Å². The van der Waals surface area contributed by atoms with Crippen LogP contribution in [0.25, 0.3) is 0 Å². The number of rotatable bonds is 4. The molecule has 0 aromatic carbocycles. The van der Waals surface area contributed by atoms with E-state index in [4.69, 9.17) is 31.6 Å². The van der Waals surface area contributed by atoms with Gasteiger partial charge in [0.1, 0.15) is 12.1 Å². The summed E-state index contributed by atoms with van der Waals surface area (Å²) in [5, 5.41) is 23.9. The zero-order valence-corrected chi connectivity index (χ0v) is 10.1. The summed E-state index contributed by atoms with van der Waals surface area (Å²) in [6.45, 7) is 1.42. The Morgan fingerprint density at radius 1 is 0.947 bits per heavy atom.